The molecular weight excluding hydrogens is 536 g/mol. The van der Waals surface area contributed by atoms with E-state index in [2.05, 4.69) is 17.5 Å². The molecule has 7 nitrogen and oxygen atoms in total. The largest absolute Gasteiger partial charge is 1.00 e. The number of Topliss-reactive ketones (excluding diaryl/α,β-unsaturated/α-hetero) is 1. The zero-order chi connectivity index (χ0) is 25.2. The van der Waals surface area contributed by atoms with Crippen molar-refractivity contribution in [1.29, 1.82) is 0 Å². The fraction of sp³-hybridized carbons (Fsp3) is 0.379. The Morgan fingerprint density at radius 3 is 2.70 bits per heavy atom. The summed E-state index contributed by atoms with van der Waals surface area (Å²) in [5, 5.41) is 14.2. The van der Waals surface area contributed by atoms with Gasteiger partial charge in [-0.15, -0.1) is 0 Å². The second kappa shape index (κ2) is 9.03. The zero-order valence-electron chi connectivity index (χ0n) is 21.2. The molecule has 0 saturated carbocycles. The van der Waals surface area contributed by atoms with E-state index < -0.39 is 5.41 Å². The smallest absolute Gasteiger partial charge is 0.217 e. The number of carbonyl (C=O) groups is 2. The van der Waals surface area contributed by atoms with Crippen molar-refractivity contribution in [2.45, 2.75) is 31.2 Å². The van der Waals surface area contributed by atoms with Crippen LogP contribution >= 0.6 is 0 Å². The number of methoxy groups -OCH3 is 2. The van der Waals surface area contributed by atoms with Gasteiger partial charge in [0.05, 0.1) is 31.9 Å². The minimum absolute atomic E-state index is 0. The van der Waals surface area contributed by atoms with E-state index in [1.165, 1.54) is 5.57 Å². The van der Waals surface area contributed by atoms with Crippen LogP contribution in [0.25, 0.3) is 0 Å². The third-order valence-corrected chi connectivity index (χ3v) is 9.13. The Balaban J connectivity index is 0.00000280. The van der Waals surface area contributed by atoms with Crippen LogP contribution in [0.15, 0.2) is 59.3 Å². The van der Waals surface area contributed by atoms with Gasteiger partial charge in [-0.1, -0.05) is 18.2 Å². The normalized spacial score (nSPS) is 29.6. The lowest BCUT2D eigenvalue weighted by Crippen LogP contribution is -3.00. The number of nitrogens with zero attached hydrogens (tertiary/aromatic N) is 1. The number of rotatable bonds is 6. The van der Waals surface area contributed by atoms with E-state index >= 15 is 0 Å². The van der Waals surface area contributed by atoms with E-state index in [0.717, 1.165) is 49.1 Å². The first kappa shape index (κ1) is 25.5. The lowest BCUT2D eigenvalue weighted by Gasteiger charge is -2.53. The predicted molar refractivity (Wildman–Crippen MR) is 136 cm³/mol. The molecule has 2 aromatic carbocycles. The van der Waals surface area contributed by atoms with Gasteiger partial charge in [-0.2, -0.15) is 0 Å². The highest BCUT2D eigenvalue weighted by Gasteiger charge is 2.69. The number of benzene rings is 2. The Labute approximate surface area is 227 Å². The maximum Gasteiger partial charge on any atom is 0.217 e. The number of halogens is 1. The van der Waals surface area contributed by atoms with Gasteiger partial charge in [-0.3, -0.25) is 9.59 Å². The summed E-state index contributed by atoms with van der Waals surface area (Å²) >= 11 is 0. The van der Waals surface area contributed by atoms with Crippen molar-refractivity contribution >= 4 is 17.8 Å². The maximum atomic E-state index is 13.8. The van der Waals surface area contributed by atoms with Crippen molar-refractivity contribution < 1.29 is 45.6 Å². The summed E-state index contributed by atoms with van der Waals surface area (Å²) in [7, 11) is 3.15. The molecule has 3 aliphatic heterocycles. The number of hydrogen-bond acceptors (Lipinski definition) is 6. The van der Waals surface area contributed by atoms with Gasteiger partial charge in [0.1, 0.15) is 31.2 Å². The fourth-order valence-electron chi connectivity index (χ4n) is 7.57. The molecule has 2 fully saturated rings. The Morgan fingerprint density at radius 2 is 2.00 bits per heavy atom. The standard InChI is InChI=1S/C29H30N2O5.BrH/c1-4-17-14-31(15-23(34)18-8-9-24(35-2)25(12-18)36-3)11-10-29-21-6-5-7-22(33)27(21)30-28(29)20(16-32)19(17)13-26(29)31;/h4-9,12,16,19,26H,10-11,13-15H2,1-3H3,(H-,30,32,33);1H/b17-4-;/t19-,26?,29+,31?;/m0./s1. The minimum Gasteiger partial charge on any atom is -1.00 e. The van der Waals surface area contributed by atoms with Gasteiger partial charge in [0.15, 0.2) is 11.5 Å². The van der Waals surface area contributed by atoms with Gasteiger partial charge in [-0.05, 0) is 42.3 Å². The molecule has 2 bridgehead atoms. The van der Waals surface area contributed by atoms with Crippen LogP contribution in [-0.4, -0.2) is 61.6 Å². The van der Waals surface area contributed by atoms with Gasteiger partial charge < -0.3 is 41.4 Å². The third kappa shape index (κ3) is 3.35. The summed E-state index contributed by atoms with van der Waals surface area (Å²) in [6.45, 7) is 3.95. The molecule has 194 valence electrons. The molecular formula is C29H31BrN2O5. The molecule has 1 aliphatic carbocycles. The Kier molecular flexibility index (Phi) is 6.23. The number of anilines is 1. The van der Waals surface area contributed by atoms with Crippen LogP contribution in [0.5, 0.6) is 17.2 Å². The Hall–Kier alpha value is -3.10. The molecule has 2 aromatic rings. The van der Waals surface area contributed by atoms with Crippen LogP contribution in [0.2, 0.25) is 0 Å². The number of hydrogen-bond donors (Lipinski definition) is 2. The van der Waals surface area contributed by atoms with Crippen molar-refractivity contribution in [2.75, 3.05) is 39.2 Å². The third-order valence-electron chi connectivity index (χ3n) is 9.13. The SMILES string of the molecule is C/C=C1/C[N+]2(CC(=O)c3ccc(OC)c(OC)c3)CC[C@]34C(=C(C=O)[C@H]1CC32)Nc1c(O)cccc14.[Br-]. The van der Waals surface area contributed by atoms with Crippen molar-refractivity contribution in [1.82, 2.24) is 0 Å². The molecule has 8 heteroatoms. The fourth-order valence-corrected chi connectivity index (χ4v) is 7.57. The van der Waals surface area contributed by atoms with Crippen LogP contribution in [0.4, 0.5) is 5.69 Å². The Bertz CT molecular complexity index is 1370. The number of phenols is 1. The molecule has 0 amide bonds. The number of para-hydroxylation sites is 1. The molecule has 0 radical (unpaired) electrons. The molecule has 6 rings (SSSR count). The average molecular weight is 567 g/mol. The number of ether oxygens (including phenoxy) is 2. The molecule has 4 aliphatic rings. The minimum atomic E-state index is -0.405. The second-order valence-electron chi connectivity index (χ2n) is 10.4. The number of phenolic OH excluding ortho intramolecular Hbond substituents is 1. The van der Waals surface area contributed by atoms with Crippen LogP contribution in [0, 0.1) is 5.92 Å². The van der Waals surface area contributed by atoms with Gasteiger partial charge in [0, 0.05) is 35.6 Å². The lowest BCUT2D eigenvalue weighted by atomic mass is 9.61. The van der Waals surface area contributed by atoms with Gasteiger partial charge in [-0.25, -0.2) is 0 Å². The number of allylic oxidation sites excluding steroid dienone is 2. The maximum absolute atomic E-state index is 13.8. The molecule has 2 unspecified atom stereocenters. The van der Waals surface area contributed by atoms with Crippen LogP contribution in [0.3, 0.4) is 0 Å². The molecule has 2 saturated heterocycles. The second-order valence-corrected chi connectivity index (χ2v) is 10.4. The first-order chi connectivity index (χ1) is 17.4. The monoisotopic (exact) mass is 566 g/mol. The lowest BCUT2D eigenvalue weighted by molar-refractivity contribution is -0.934. The van der Waals surface area contributed by atoms with E-state index in [9.17, 15) is 14.7 Å². The summed E-state index contributed by atoms with van der Waals surface area (Å²) in [6.07, 6.45) is 4.76. The van der Waals surface area contributed by atoms with E-state index in [1.807, 2.05) is 13.0 Å². The number of carbonyl (C=O) groups excluding carboxylic acids is 2. The van der Waals surface area contributed by atoms with Crippen molar-refractivity contribution in [3.63, 3.8) is 0 Å². The van der Waals surface area contributed by atoms with E-state index in [1.54, 1.807) is 38.5 Å². The van der Waals surface area contributed by atoms with Gasteiger partial charge in [0.2, 0.25) is 5.78 Å². The highest BCUT2D eigenvalue weighted by molar-refractivity contribution is 5.97. The van der Waals surface area contributed by atoms with E-state index in [4.69, 9.17) is 9.47 Å². The first-order valence-corrected chi connectivity index (χ1v) is 12.5. The number of piperidine rings is 1. The summed E-state index contributed by atoms with van der Waals surface area (Å²) in [5.41, 5.74) is 4.87. The van der Waals surface area contributed by atoms with Crippen LogP contribution in [0.1, 0.15) is 35.7 Å². The average Bonchev–Trinajstić information content (AvgIpc) is 3.43. The Morgan fingerprint density at radius 1 is 1.22 bits per heavy atom. The number of fused-ring (bicyclic) bond motifs is 2. The van der Waals surface area contributed by atoms with Crippen molar-refractivity contribution in [3.8, 4) is 17.2 Å². The molecule has 2 N–H and O–H groups in total. The quantitative estimate of drug-likeness (QED) is 0.178. The van der Waals surface area contributed by atoms with Gasteiger partial charge in [0.25, 0.3) is 0 Å². The molecule has 4 atom stereocenters. The highest BCUT2D eigenvalue weighted by atomic mass is 79.9. The predicted octanol–water partition coefficient (Wildman–Crippen LogP) is 0.982. The zero-order valence-corrected chi connectivity index (χ0v) is 22.8. The summed E-state index contributed by atoms with van der Waals surface area (Å²) in [4.78, 5) is 26.2. The topological polar surface area (TPSA) is 84.9 Å². The van der Waals surface area contributed by atoms with Crippen molar-refractivity contribution in [3.05, 3.63) is 70.4 Å². The molecule has 0 aromatic heterocycles. The number of ketones is 1. The summed E-state index contributed by atoms with van der Waals surface area (Å²) < 4.78 is 11.4. The van der Waals surface area contributed by atoms with Crippen LogP contribution < -0.4 is 31.8 Å². The number of quaternary nitrogens is 1. The first-order valence-electron chi connectivity index (χ1n) is 12.5. The molecule has 3 heterocycles. The van der Waals surface area contributed by atoms with Crippen molar-refractivity contribution in [2.24, 2.45) is 5.92 Å². The summed E-state index contributed by atoms with van der Waals surface area (Å²) in [6, 6.07) is 11.1. The van der Waals surface area contributed by atoms with E-state index in [-0.39, 0.29) is 40.5 Å². The number of aromatic hydroxyl groups is 1. The molecule has 1 spiro atoms. The summed E-state index contributed by atoms with van der Waals surface area (Å²) in [5.74, 6) is 1.43. The number of aldehydes is 1. The number of nitrogens with one attached hydrogen (secondary N) is 1. The van der Waals surface area contributed by atoms with Gasteiger partial charge >= 0.3 is 0 Å². The van der Waals surface area contributed by atoms with E-state index in [0.29, 0.717) is 33.8 Å². The highest BCUT2D eigenvalue weighted by Crippen LogP contribution is 2.64. The molecule has 37 heavy (non-hydrogen) atoms. The van der Waals surface area contributed by atoms with Crippen LogP contribution in [-0.2, 0) is 10.2 Å².